The number of carboxylic acids is 1. The number of carboxylic acid groups (broad SMARTS) is 1. The van der Waals surface area contributed by atoms with Crippen molar-refractivity contribution in [3.8, 4) is 0 Å². The molecule has 11 heavy (non-hydrogen) atoms. The first-order valence-corrected chi connectivity index (χ1v) is 4.08. The Morgan fingerprint density at radius 1 is 1.45 bits per heavy atom. The second kappa shape index (κ2) is 3.72. The molecular formula is C8H14O3. The minimum absolute atomic E-state index is 0.205. The van der Waals surface area contributed by atoms with E-state index < -0.39 is 5.97 Å². The third-order valence-corrected chi connectivity index (χ3v) is 2.22. The smallest absolute Gasteiger partial charge is 0.303 e. The molecule has 1 aliphatic carbocycles. The monoisotopic (exact) mass is 158 g/mol. The normalized spacial score (nSPS) is 31.7. The van der Waals surface area contributed by atoms with E-state index in [1.165, 1.54) is 0 Å². The van der Waals surface area contributed by atoms with Crippen LogP contribution < -0.4 is 0 Å². The summed E-state index contributed by atoms with van der Waals surface area (Å²) in [5, 5.41) is 17.7. The number of hydrogen-bond acceptors (Lipinski definition) is 2. The van der Waals surface area contributed by atoms with Crippen molar-refractivity contribution in [3.63, 3.8) is 0 Å². The number of rotatable bonds is 2. The molecule has 3 heteroatoms. The van der Waals surface area contributed by atoms with Crippen molar-refractivity contribution in [3.05, 3.63) is 0 Å². The molecule has 0 radical (unpaired) electrons. The maximum absolute atomic E-state index is 10.3. The van der Waals surface area contributed by atoms with Crippen LogP contribution in [-0.4, -0.2) is 22.3 Å². The van der Waals surface area contributed by atoms with Gasteiger partial charge in [-0.25, -0.2) is 0 Å². The lowest BCUT2D eigenvalue weighted by atomic mass is 9.85. The molecule has 1 rings (SSSR count). The molecule has 1 saturated carbocycles. The fraction of sp³-hybridized carbons (Fsp3) is 0.875. The maximum atomic E-state index is 10.3. The molecular weight excluding hydrogens is 144 g/mol. The maximum Gasteiger partial charge on any atom is 0.303 e. The second-order valence-electron chi connectivity index (χ2n) is 3.28. The highest BCUT2D eigenvalue weighted by Crippen LogP contribution is 2.26. The molecule has 0 saturated heterocycles. The number of aliphatic hydroxyl groups excluding tert-OH is 1. The van der Waals surface area contributed by atoms with Crippen LogP contribution in [0.15, 0.2) is 0 Å². The van der Waals surface area contributed by atoms with Crippen LogP contribution in [0, 0.1) is 5.92 Å². The molecule has 1 aliphatic rings. The van der Waals surface area contributed by atoms with Gasteiger partial charge in [0.05, 0.1) is 6.10 Å². The van der Waals surface area contributed by atoms with Crippen LogP contribution in [0.4, 0.5) is 0 Å². The molecule has 1 fully saturated rings. The van der Waals surface area contributed by atoms with Gasteiger partial charge in [0, 0.05) is 6.42 Å². The van der Waals surface area contributed by atoms with Crippen molar-refractivity contribution < 1.29 is 15.0 Å². The zero-order valence-electron chi connectivity index (χ0n) is 6.49. The molecule has 3 nitrogen and oxygen atoms in total. The van der Waals surface area contributed by atoms with E-state index in [1.54, 1.807) is 0 Å². The Kier molecular flexibility index (Phi) is 2.88. The molecule has 0 bridgehead atoms. The summed E-state index contributed by atoms with van der Waals surface area (Å²) in [6.45, 7) is 0. The van der Waals surface area contributed by atoms with Gasteiger partial charge in [-0.05, 0) is 25.2 Å². The quantitative estimate of drug-likeness (QED) is 0.630. The summed E-state index contributed by atoms with van der Waals surface area (Å²) in [7, 11) is 0. The SMILES string of the molecule is O=C(O)C[C@@H]1CCC[C@@H](O)C1. The highest BCUT2D eigenvalue weighted by Gasteiger charge is 2.21. The zero-order valence-corrected chi connectivity index (χ0v) is 6.49. The van der Waals surface area contributed by atoms with E-state index in [4.69, 9.17) is 5.11 Å². The second-order valence-corrected chi connectivity index (χ2v) is 3.28. The lowest BCUT2D eigenvalue weighted by Gasteiger charge is -2.24. The van der Waals surface area contributed by atoms with Gasteiger partial charge in [-0.3, -0.25) is 4.79 Å². The molecule has 0 aromatic carbocycles. The molecule has 2 atom stereocenters. The first kappa shape index (κ1) is 8.53. The van der Waals surface area contributed by atoms with Crippen molar-refractivity contribution in [2.24, 2.45) is 5.92 Å². The standard InChI is InChI=1S/C8H14O3/c9-7-3-1-2-6(4-7)5-8(10)11/h6-7,9H,1-5H2,(H,10,11)/t6-,7-/m1/s1. The van der Waals surface area contributed by atoms with Crippen LogP contribution in [0.25, 0.3) is 0 Å². The third-order valence-electron chi connectivity index (χ3n) is 2.22. The van der Waals surface area contributed by atoms with Gasteiger partial charge in [0.2, 0.25) is 0 Å². The van der Waals surface area contributed by atoms with Gasteiger partial charge in [0.1, 0.15) is 0 Å². The van der Waals surface area contributed by atoms with Gasteiger partial charge < -0.3 is 10.2 Å². The Balaban J connectivity index is 2.28. The molecule has 0 aromatic heterocycles. The van der Waals surface area contributed by atoms with E-state index in [9.17, 15) is 9.90 Å². The van der Waals surface area contributed by atoms with Crippen molar-refractivity contribution in [1.29, 1.82) is 0 Å². The van der Waals surface area contributed by atoms with Crippen molar-refractivity contribution in [2.75, 3.05) is 0 Å². The van der Waals surface area contributed by atoms with E-state index in [2.05, 4.69) is 0 Å². The lowest BCUT2D eigenvalue weighted by molar-refractivity contribution is -0.138. The zero-order chi connectivity index (χ0) is 8.27. The van der Waals surface area contributed by atoms with E-state index in [-0.39, 0.29) is 18.4 Å². The summed E-state index contributed by atoms with van der Waals surface area (Å²) >= 11 is 0. The summed E-state index contributed by atoms with van der Waals surface area (Å²) in [5.41, 5.74) is 0. The Labute approximate surface area is 66.0 Å². The molecule has 0 spiro atoms. The molecule has 64 valence electrons. The lowest BCUT2D eigenvalue weighted by Crippen LogP contribution is -2.21. The first-order chi connectivity index (χ1) is 5.18. The number of hydrogen-bond donors (Lipinski definition) is 2. The van der Waals surface area contributed by atoms with E-state index in [0.29, 0.717) is 6.42 Å². The Hall–Kier alpha value is -0.570. The topological polar surface area (TPSA) is 57.5 Å². The largest absolute Gasteiger partial charge is 0.481 e. The summed E-state index contributed by atoms with van der Waals surface area (Å²) in [4.78, 5) is 10.3. The fourth-order valence-electron chi connectivity index (χ4n) is 1.69. The van der Waals surface area contributed by atoms with Gasteiger partial charge in [-0.15, -0.1) is 0 Å². The van der Waals surface area contributed by atoms with Crippen LogP contribution in [0.1, 0.15) is 32.1 Å². The van der Waals surface area contributed by atoms with Crippen LogP contribution in [0.2, 0.25) is 0 Å². The molecule has 0 aliphatic heterocycles. The van der Waals surface area contributed by atoms with Crippen LogP contribution in [0.5, 0.6) is 0 Å². The molecule has 0 amide bonds. The summed E-state index contributed by atoms with van der Waals surface area (Å²) in [6, 6.07) is 0. The Morgan fingerprint density at radius 2 is 2.18 bits per heavy atom. The minimum atomic E-state index is -0.746. The highest BCUT2D eigenvalue weighted by molar-refractivity contribution is 5.67. The fourth-order valence-corrected chi connectivity index (χ4v) is 1.69. The van der Waals surface area contributed by atoms with E-state index in [0.717, 1.165) is 19.3 Å². The first-order valence-electron chi connectivity index (χ1n) is 4.08. The predicted octanol–water partition coefficient (Wildman–Crippen LogP) is 1.01. The Bertz CT molecular complexity index is 144. The molecule has 0 aromatic rings. The van der Waals surface area contributed by atoms with Gasteiger partial charge in [-0.1, -0.05) is 6.42 Å². The molecule has 2 N–H and O–H groups in total. The van der Waals surface area contributed by atoms with Crippen molar-refractivity contribution in [1.82, 2.24) is 0 Å². The number of carbonyl (C=O) groups is 1. The summed E-state index contributed by atoms with van der Waals surface area (Å²) in [5.74, 6) is -0.541. The average molecular weight is 158 g/mol. The van der Waals surface area contributed by atoms with Gasteiger partial charge in [0.15, 0.2) is 0 Å². The van der Waals surface area contributed by atoms with Crippen molar-refractivity contribution >= 4 is 5.97 Å². The van der Waals surface area contributed by atoms with E-state index in [1.807, 2.05) is 0 Å². The van der Waals surface area contributed by atoms with E-state index >= 15 is 0 Å². The summed E-state index contributed by atoms with van der Waals surface area (Å²) in [6.07, 6.45) is 3.41. The Morgan fingerprint density at radius 3 is 2.73 bits per heavy atom. The molecule has 0 heterocycles. The van der Waals surface area contributed by atoms with Crippen molar-refractivity contribution in [2.45, 2.75) is 38.2 Å². The number of aliphatic carboxylic acids is 1. The van der Waals surface area contributed by atoms with Gasteiger partial charge in [0.25, 0.3) is 0 Å². The molecule has 0 unspecified atom stereocenters. The van der Waals surface area contributed by atoms with Gasteiger partial charge >= 0.3 is 5.97 Å². The average Bonchev–Trinajstić information content (AvgIpc) is 1.85. The number of aliphatic hydroxyl groups is 1. The highest BCUT2D eigenvalue weighted by atomic mass is 16.4. The van der Waals surface area contributed by atoms with Crippen LogP contribution in [0.3, 0.4) is 0 Å². The minimum Gasteiger partial charge on any atom is -0.481 e. The van der Waals surface area contributed by atoms with Crippen LogP contribution in [-0.2, 0) is 4.79 Å². The summed E-state index contributed by atoms with van der Waals surface area (Å²) < 4.78 is 0. The van der Waals surface area contributed by atoms with Gasteiger partial charge in [-0.2, -0.15) is 0 Å². The third kappa shape index (κ3) is 2.89. The van der Waals surface area contributed by atoms with Crippen LogP contribution >= 0.6 is 0 Å². The predicted molar refractivity (Wildman–Crippen MR) is 40.2 cm³/mol.